The maximum absolute atomic E-state index is 13.3. The van der Waals surface area contributed by atoms with Crippen LogP contribution in [0.1, 0.15) is 25.5 Å². The van der Waals surface area contributed by atoms with Crippen LogP contribution in [0.5, 0.6) is 0 Å². The lowest BCUT2D eigenvalue weighted by Gasteiger charge is -2.23. The summed E-state index contributed by atoms with van der Waals surface area (Å²) in [6.07, 6.45) is 4.18. The summed E-state index contributed by atoms with van der Waals surface area (Å²) in [6, 6.07) is 12.1. The van der Waals surface area contributed by atoms with E-state index in [-0.39, 0.29) is 12.0 Å². The molecule has 2 heterocycles. The van der Waals surface area contributed by atoms with Crippen molar-refractivity contribution in [3.63, 3.8) is 0 Å². The molecule has 1 saturated heterocycles. The number of fused-ring (bicyclic) bond motifs is 1. The third-order valence-corrected chi connectivity index (χ3v) is 4.54. The van der Waals surface area contributed by atoms with Gasteiger partial charge in [-0.05, 0) is 61.7 Å². The third kappa shape index (κ3) is 3.13. The SMILES string of the molecule is ON=CNc1ccc2c(c1)c(-c1ccc(F)cc1)nn2C1CCCCO1. The van der Waals surface area contributed by atoms with Crippen LogP contribution in [0.2, 0.25) is 0 Å². The third-order valence-electron chi connectivity index (χ3n) is 4.54. The van der Waals surface area contributed by atoms with Crippen LogP contribution in [0.15, 0.2) is 47.6 Å². The highest BCUT2D eigenvalue weighted by atomic mass is 19.1. The van der Waals surface area contributed by atoms with Gasteiger partial charge in [-0.1, -0.05) is 5.16 Å². The highest BCUT2D eigenvalue weighted by Gasteiger charge is 2.21. The van der Waals surface area contributed by atoms with Gasteiger partial charge in [0.1, 0.15) is 17.8 Å². The minimum atomic E-state index is -0.283. The van der Waals surface area contributed by atoms with Gasteiger partial charge in [-0.3, -0.25) is 0 Å². The number of halogens is 1. The number of ether oxygens (including phenoxy) is 1. The van der Waals surface area contributed by atoms with E-state index in [4.69, 9.17) is 15.0 Å². The van der Waals surface area contributed by atoms with Crippen LogP contribution in [-0.4, -0.2) is 27.9 Å². The first-order valence-electron chi connectivity index (χ1n) is 8.58. The molecule has 0 bridgehead atoms. The molecule has 6 nitrogen and oxygen atoms in total. The Kier molecular flexibility index (Phi) is 4.53. The van der Waals surface area contributed by atoms with Crippen LogP contribution in [0.25, 0.3) is 22.2 Å². The molecule has 0 spiro atoms. The van der Waals surface area contributed by atoms with Gasteiger partial charge in [0.05, 0.1) is 5.52 Å². The summed E-state index contributed by atoms with van der Waals surface area (Å²) in [5.41, 5.74) is 3.31. The molecular formula is C19H19FN4O2. The molecule has 1 atom stereocenters. The number of benzene rings is 2. The van der Waals surface area contributed by atoms with E-state index in [0.29, 0.717) is 0 Å². The largest absolute Gasteiger partial charge is 0.410 e. The minimum Gasteiger partial charge on any atom is -0.410 e. The quantitative estimate of drug-likeness (QED) is 0.316. The predicted molar refractivity (Wildman–Crippen MR) is 97.9 cm³/mol. The molecule has 0 saturated carbocycles. The van der Waals surface area contributed by atoms with Crippen LogP contribution in [0, 0.1) is 5.82 Å². The van der Waals surface area contributed by atoms with Crippen molar-refractivity contribution < 1.29 is 14.3 Å². The van der Waals surface area contributed by atoms with Crippen LogP contribution < -0.4 is 5.32 Å². The molecule has 0 radical (unpaired) electrons. The fourth-order valence-electron chi connectivity index (χ4n) is 3.29. The number of hydrogen-bond acceptors (Lipinski definition) is 4. The van der Waals surface area contributed by atoms with E-state index in [0.717, 1.165) is 53.7 Å². The van der Waals surface area contributed by atoms with Crippen molar-refractivity contribution in [3.05, 3.63) is 48.3 Å². The van der Waals surface area contributed by atoms with Crippen LogP contribution in [0.4, 0.5) is 10.1 Å². The highest BCUT2D eigenvalue weighted by molar-refractivity contribution is 5.96. The Bertz CT molecular complexity index is 931. The second-order valence-corrected chi connectivity index (χ2v) is 6.24. The summed E-state index contributed by atoms with van der Waals surface area (Å²) < 4.78 is 21.1. The Morgan fingerprint density at radius 3 is 2.81 bits per heavy atom. The highest BCUT2D eigenvalue weighted by Crippen LogP contribution is 2.34. The number of nitrogens with zero attached hydrogens (tertiary/aromatic N) is 3. The molecule has 1 aromatic heterocycles. The maximum atomic E-state index is 13.3. The van der Waals surface area contributed by atoms with E-state index in [1.807, 2.05) is 22.9 Å². The zero-order valence-corrected chi connectivity index (χ0v) is 14.1. The summed E-state index contributed by atoms with van der Waals surface area (Å²) in [5.74, 6) is -0.283. The molecule has 1 fully saturated rings. The molecule has 134 valence electrons. The normalized spacial score (nSPS) is 17.8. The number of nitrogens with one attached hydrogen (secondary N) is 1. The minimum absolute atomic E-state index is 0.0988. The first-order chi connectivity index (χ1) is 12.8. The van der Waals surface area contributed by atoms with Crippen molar-refractivity contribution in [1.82, 2.24) is 9.78 Å². The molecule has 0 aliphatic carbocycles. The van der Waals surface area contributed by atoms with Crippen LogP contribution >= 0.6 is 0 Å². The van der Waals surface area contributed by atoms with Crippen molar-refractivity contribution in [2.45, 2.75) is 25.5 Å². The van der Waals surface area contributed by atoms with Crippen molar-refractivity contribution in [1.29, 1.82) is 0 Å². The fourth-order valence-corrected chi connectivity index (χ4v) is 3.29. The van der Waals surface area contributed by atoms with E-state index in [1.165, 1.54) is 18.5 Å². The molecule has 1 aliphatic rings. The topological polar surface area (TPSA) is 71.7 Å². The van der Waals surface area contributed by atoms with Gasteiger partial charge in [-0.2, -0.15) is 5.10 Å². The van der Waals surface area contributed by atoms with Gasteiger partial charge in [-0.15, -0.1) is 0 Å². The number of hydrogen-bond donors (Lipinski definition) is 2. The summed E-state index contributed by atoms with van der Waals surface area (Å²) >= 11 is 0. The number of rotatable bonds is 4. The zero-order valence-electron chi connectivity index (χ0n) is 14.1. The molecule has 3 aromatic rings. The van der Waals surface area contributed by atoms with Gasteiger partial charge in [0.2, 0.25) is 0 Å². The summed E-state index contributed by atoms with van der Waals surface area (Å²) in [4.78, 5) is 0. The van der Waals surface area contributed by atoms with Crippen molar-refractivity contribution in [3.8, 4) is 11.3 Å². The number of aromatic nitrogens is 2. The lowest BCUT2D eigenvalue weighted by molar-refractivity contribution is -0.0365. The van der Waals surface area contributed by atoms with E-state index >= 15 is 0 Å². The Morgan fingerprint density at radius 1 is 1.23 bits per heavy atom. The summed E-state index contributed by atoms with van der Waals surface area (Å²) in [5, 5.41) is 20.2. The van der Waals surface area contributed by atoms with Crippen LogP contribution in [0.3, 0.4) is 0 Å². The Balaban J connectivity index is 1.85. The molecule has 1 aliphatic heterocycles. The van der Waals surface area contributed by atoms with Crippen molar-refractivity contribution >= 4 is 22.9 Å². The van der Waals surface area contributed by atoms with Gasteiger partial charge in [0.25, 0.3) is 0 Å². The average Bonchev–Trinajstić information content (AvgIpc) is 3.06. The van der Waals surface area contributed by atoms with Crippen LogP contribution in [-0.2, 0) is 4.74 Å². The van der Waals surface area contributed by atoms with Gasteiger partial charge in [0, 0.05) is 23.2 Å². The van der Waals surface area contributed by atoms with Gasteiger partial charge in [-0.25, -0.2) is 9.07 Å². The Hall–Kier alpha value is -2.93. The molecule has 26 heavy (non-hydrogen) atoms. The monoisotopic (exact) mass is 354 g/mol. The lowest BCUT2D eigenvalue weighted by Crippen LogP contribution is -2.19. The fraction of sp³-hybridized carbons (Fsp3) is 0.263. The van der Waals surface area contributed by atoms with E-state index < -0.39 is 0 Å². The van der Waals surface area contributed by atoms with E-state index in [9.17, 15) is 4.39 Å². The van der Waals surface area contributed by atoms with Gasteiger partial charge in [0.15, 0.2) is 6.23 Å². The van der Waals surface area contributed by atoms with Gasteiger partial charge >= 0.3 is 0 Å². The number of anilines is 1. The Labute approximate surface area is 149 Å². The van der Waals surface area contributed by atoms with Gasteiger partial charge < -0.3 is 15.3 Å². The van der Waals surface area contributed by atoms with Crippen molar-refractivity contribution in [2.24, 2.45) is 5.16 Å². The first-order valence-corrected chi connectivity index (χ1v) is 8.58. The average molecular weight is 354 g/mol. The predicted octanol–water partition coefficient (Wildman–Crippen LogP) is 4.37. The zero-order chi connectivity index (χ0) is 17.9. The molecule has 2 N–H and O–H groups in total. The maximum Gasteiger partial charge on any atom is 0.150 e. The first kappa shape index (κ1) is 16.5. The Morgan fingerprint density at radius 2 is 2.08 bits per heavy atom. The van der Waals surface area contributed by atoms with E-state index in [1.54, 1.807) is 12.1 Å². The second kappa shape index (κ2) is 7.13. The summed E-state index contributed by atoms with van der Waals surface area (Å²) in [6.45, 7) is 0.727. The molecule has 7 heteroatoms. The number of oxime groups is 1. The summed E-state index contributed by atoms with van der Waals surface area (Å²) in [7, 11) is 0. The second-order valence-electron chi connectivity index (χ2n) is 6.24. The van der Waals surface area contributed by atoms with E-state index in [2.05, 4.69) is 10.5 Å². The smallest absolute Gasteiger partial charge is 0.150 e. The molecule has 2 aromatic carbocycles. The molecule has 0 amide bonds. The molecule has 1 unspecified atom stereocenters. The molecular weight excluding hydrogens is 335 g/mol. The molecule has 4 rings (SSSR count). The van der Waals surface area contributed by atoms with Crippen molar-refractivity contribution in [2.75, 3.05) is 11.9 Å². The standard InChI is InChI=1S/C19H19FN4O2/c20-14-6-4-13(5-7-14)19-16-11-15(21-12-22-25)8-9-17(16)24(23-19)18-3-1-2-10-26-18/h4-9,11-12,18,25H,1-3,10H2,(H,21,22). The lowest BCUT2D eigenvalue weighted by atomic mass is 10.1.